The average molecular weight is 284 g/mol. The van der Waals surface area contributed by atoms with E-state index < -0.39 is 0 Å². The Balaban J connectivity index is 1.48. The minimum Gasteiger partial charge on any atom is -0.353 e. The number of nitrogens with zero attached hydrogens (tertiary/aromatic N) is 2. The molecule has 1 aromatic carbocycles. The third kappa shape index (κ3) is 2.65. The van der Waals surface area contributed by atoms with Gasteiger partial charge in [-0.25, -0.2) is 4.98 Å². The van der Waals surface area contributed by atoms with Gasteiger partial charge in [0.15, 0.2) is 0 Å². The Hall–Kier alpha value is -1.88. The first-order valence-corrected chi connectivity index (χ1v) is 7.79. The molecule has 0 unspecified atom stereocenters. The van der Waals surface area contributed by atoms with Gasteiger partial charge in [-0.05, 0) is 37.8 Å². The van der Waals surface area contributed by atoms with Crippen molar-refractivity contribution in [3.05, 3.63) is 34.6 Å². The number of hydrogen-bond acceptors (Lipinski definition) is 4. The fourth-order valence-electron chi connectivity index (χ4n) is 3.20. The lowest BCUT2D eigenvalue weighted by atomic mass is 10.1. The van der Waals surface area contributed by atoms with Gasteiger partial charge in [-0.1, -0.05) is 12.1 Å². The minimum absolute atomic E-state index is 0.0708. The van der Waals surface area contributed by atoms with Crippen LogP contribution in [0.4, 0.5) is 5.95 Å². The zero-order valence-corrected chi connectivity index (χ0v) is 12.0. The van der Waals surface area contributed by atoms with Crippen LogP contribution in [0, 0.1) is 0 Å². The molecule has 1 saturated carbocycles. The molecule has 0 spiro atoms. The summed E-state index contributed by atoms with van der Waals surface area (Å²) in [6, 6.07) is 8.71. The molecule has 2 fully saturated rings. The van der Waals surface area contributed by atoms with E-state index in [-0.39, 0.29) is 5.56 Å². The lowest BCUT2D eigenvalue weighted by Gasteiger charge is -2.32. The van der Waals surface area contributed by atoms with Crippen molar-refractivity contribution in [3.8, 4) is 0 Å². The first-order chi connectivity index (χ1) is 10.3. The molecule has 4 rings (SSSR count). The molecule has 2 aliphatic rings. The highest BCUT2D eigenvalue weighted by Gasteiger charge is 2.31. The van der Waals surface area contributed by atoms with Crippen LogP contribution in [0.25, 0.3) is 10.9 Å². The molecule has 21 heavy (non-hydrogen) atoms. The van der Waals surface area contributed by atoms with Gasteiger partial charge in [0.05, 0.1) is 10.9 Å². The number of anilines is 1. The standard InChI is InChI=1S/C16H20N4O/c21-15-13-3-1-2-4-14(13)18-16(19-15)17-11-7-9-20(10-8-11)12-5-6-12/h1-4,11-12H,5-10H2,(H2,17,18,19,21). The van der Waals surface area contributed by atoms with E-state index in [4.69, 9.17) is 0 Å². The highest BCUT2D eigenvalue weighted by Crippen LogP contribution is 2.29. The Morgan fingerprint density at radius 3 is 2.67 bits per heavy atom. The number of nitrogens with one attached hydrogen (secondary N) is 2. The number of fused-ring (bicyclic) bond motifs is 1. The third-order valence-corrected chi connectivity index (χ3v) is 4.55. The molecule has 0 bridgehead atoms. The number of aromatic nitrogens is 2. The lowest BCUT2D eigenvalue weighted by Crippen LogP contribution is -2.40. The highest BCUT2D eigenvalue weighted by atomic mass is 16.1. The monoisotopic (exact) mass is 284 g/mol. The van der Waals surface area contributed by atoms with E-state index in [0.717, 1.165) is 37.5 Å². The molecule has 1 saturated heterocycles. The van der Waals surface area contributed by atoms with Crippen molar-refractivity contribution in [1.82, 2.24) is 14.9 Å². The molecule has 2 aromatic rings. The molecule has 0 atom stereocenters. The van der Waals surface area contributed by atoms with Crippen molar-refractivity contribution in [3.63, 3.8) is 0 Å². The summed E-state index contributed by atoms with van der Waals surface area (Å²) in [6.45, 7) is 2.31. The van der Waals surface area contributed by atoms with Crippen molar-refractivity contribution in [2.75, 3.05) is 18.4 Å². The Morgan fingerprint density at radius 1 is 1.14 bits per heavy atom. The van der Waals surface area contributed by atoms with E-state index in [2.05, 4.69) is 20.2 Å². The molecule has 5 nitrogen and oxygen atoms in total. The molecule has 2 heterocycles. The minimum atomic E-state index is -0.0708. The number of hydrogen-bond donors (Lipinski definition) is 2. The second-order valence-electron chi connectivity index (χ2n) is 6.12. The second kappa shape index (κ2) is 5.15. The van der Waals surface area contributed by atoms with Gasteiger partial charge < -0.3 is 10.2 Å². The van der Waals surface area contributed by atoms with E-state index in [1.165, 1.54) is 12.8 Å². The van der Waals surface area contributed by atoms with Gasteiger partial charge in [0.1, 0.15) is 0 Å². The topological polar surface area (TPSA) is 61.0 Å². The molecule has 1 aliphatic carbocycles. The van der Waals surface area contributed by atoms with Crippen molar-refractivity contribution >= 4 is 16.9 Å². The van der Waals surface area contributed by atoms with Gasteiger partial charge >= 0.3 is 0 Å². The number of piperidine rings is 1. The predicted octanol–water partition coefficient (Wildman–Crippen LogP) is 1.96. The summed E-state index contributed by atoms with van der Waals surface area (Å²) in [5.74, 6) is 0.601. The molecule has 0 radical (unpaired) electrons. The summed E-state index contributed by atoms with van der Waals surface area (Å²) in [6.07, 6.45) is 4.98. The number of likely N-dealkylation sites (tertiary alicyclic amines) is 1. The summed E-state index contributed by atoms with van der Waals surface area (Å²) >= 11 is 0. The van der Waals surface area contributed by atoms with E-state index in [1.54, 1.807) is 6.07 Å². The Kier molecular flexibility index (Phi) is 3.15. The molecule has 1 aromatic heterocycles. The van der Waals surface area contributed by atoms with Crippen LogP contribution in [-0.4, -0.2) is 40.0 Å². The maximum atomic E-state index is 12.0. The smallest absolute Gasteiger partial charge is 0.260 e. The molecule has 110 valence electrons. The zero-order valence-electron chi connectivity index (χ0n) is 12.0. The first-order valence-electron chi connectivity index (χ1n) is 7.79. The van der Waals surface area contributed by atoms with Crippen molar-refractivity contribution in [2.45, 2.75) is 37.8 Å². The van der Waals surface area contributed by atoms with Crippen LogP contribution < -0.4 is 10.9 Å². The number of para-hydroxylation sites is 1. The fraction of sp³-hybridized carbons (Fsp3) is 0.500. The maximum Gasteiger partial charge on any atom is 0.260 e. The van der Waals surface area contributed by atoms with E-state index in [9.17, 15) is 4.79 Å². The highest BCUT2D eigenvalue weighted by molar-refractivity contribution is 5.78. The molecular formula is C16H20N4O. The summed E-state index contributed by atoms with van der Waals surface area (Å²) in [4.78, 5) is 22.0. The van der Waals surface area contributed by atoms with Crippen molar-refractivity contribution in [1.29, 1.82) is 0 Å². The molecule has 2 N–H and O–H groups in total. The van der Waals surface area contributed by atoms with Gasteiger partial charge in [-0.3, -0.25) is 9.78 Å². The molecule has 1 aliphatic heterocycles. The van der Waals surface area contributed by atoms with Gasteiger partial charge in [-0.15, -0.1) is 0 Å². The van der Waals surface area contributed by atoms with E-state index in [1.807, 2.05) is 18.2 Å². The predicted molar refractivity (Wildman–Crippen MR) is 83.6 cm³/mol. The normalized spacial score (nSPS) is 20.8. The van der Waals surface area contributed by atoms with Gasteiger partial charge in [0.25, 0.3) is 5.56 Å². The first kappa shape index (κ1) is 12.8. The van der Waals surface area contributed by atoms with Crippen LogP contribution in [0.2, 0.25) is 0 Å². The largest absolute Gasteiger partial charge is 0.353 e. The van der Waals surface area contributed by atoms with Crippen molar-refractivity contribution < 1.29 is 0 Å². The number of aromatic amines is 1. The molecular weight excluding hydrogens is 264 g/mol. The summed E-state index contributed by atoms with van der Waals surface area (Å²) in [7, 11) is 0. The van der Waals surface area contributed by atoms with Gasteiger partial charge in [-0.2, -0.15) is 0 Å². The van der Waals surface area contributed by atoms with Crippen LogP contribution in [0.1, 0.15) is 25.7 Å². The average Bonchev–Trinajstić information content (AvgIpc) is 3.33. The lowest BCUT2D eigenvalue weighted by molar-refractivity contribution is 0.210. The Labute approximate surface area is 123 Å². The van der Waals surface area contributed by atoms with Crippen LogP contribution in [-0.2, 0) is 0 Å². The Morgan fingerprint density at radius 2 is 1.90 bits per heavy atom. The molecule has 5 heteroatoms. The van der Waals surface area contributed by atoms with E-state index >= 15 is 0 Å². The van der Waals surface area contributed by atoms with Crippen LogP contribution in [0.3, 0.4) is 0 Å². The number of rotatable bonds is 3. The summed E-state index contributed by atoms with van der Waals surface area (Å²) < 4.78 is 0. The third-order valence-electron chi connectivity index (χ3n) is 4.55. The van der Waals surface area contributed by atoms with Crippen LogP contribution in [0.15, 0.2) is 29.1 Å². The SMILES string of the molecule is O=c1[nH]c(NC2CCN(C3CC3)CC2)nc2ccccc12. The Bertz CT molecular complexity index is 699. The fourth-order valence-corrected chi connectivity index (χ4v) is 3.20. The van der Waals surface area contributed by atoms with E-state index in [0.29, 0.717) is 17.4 Å². The summed E-state index contributed by atoms with van der Waals surface area (Å²) in [5, 5.41) is 4.05. The second-order valence-corrected chi connectivity index (χ2v) is 6.12. The van der Waals surface area contributed by atoms with Gasteiger partial charge in [0, 0.05) is 25.2 Å². The van der Waals surface area contributed by atoms with Crippen LogP contribution in [0.5, 0.6) is 0 Å². The van der Waals surface area contributed by atoms with Crippen molar-refractivity contribution in [2.24, 2.45) is 0 Å². The molecule has 0 amide bonds. The maximum absolute atomic E-state index is 12.0. The number of H-pyrrole nitrogens is 1. The zero-order chi connectivity index (χ0) is 14.2. The van der Waals surface area contributed by atoms with Crippen LogP contribution >= 0.6 is 0 Å². The quantitative estimate of drug-likeness (QED) is 0.904. The summed E-state index contributed by atoms with van der Waals surface area (Å²) in [5.41, 5.74) is 0.678. The number of benzene rings is 1. The van der Waals surface area contributed by atoms with Gasteiger partial charge in [0.2, 0.25) is 5.95 Å².